The van der Waals surface area contributed by atoms with Gasteiger partial charge < -0.3 is 25.0 Å². The summed E-state index contributed by atoms with van der Waals surface area (Å²) in [7, 11) is 0. The van der Waals surface area contributed by atoms with Gasteiger partial charge >= 0.3 is 6.18 Å². The van der Waals surface area contributed by atoms with Gasteiger partial charge in [-0.25, -0.2) is 4.98 Å². The Hall–Kier alpha value is -1.84. The molecule has 1 aliphatic rings. The third-order valence-electron chi connectivity index (χ3n) is 4.46. The van der Waals surface area contributed by atoms with E-state index in [1.54, 1.807) is 12.1 Å². The zero-order chi connectivity index (χ0) is 17.5. The van der Waals surface area contributed by atoms with Gasteiger partial charge in [-0.3, -0.25) is 0 Å². The van der Waals surface area contributed by atoms with E-state index >= 15 is 0 Å². The summed E-state index contributed by atoms with van der Waals surface area (Å²) in [6.07, 6.45) is -3.73. The second kappa shape index (κ2) is 6.23. The van der Waals surface area contributed by atoms with E-state index < -0.39 is 36.0 Å². The van der Waals surface area contributed by atoms with Crippen molar-refractivity contribution in [2.24, 2.45) is 5.92 Å². The fourth-order valence-corrected chi connectivity index (χ4v) is 3.07. The summed E-state index contributed by atoms with van der Waals surface area (Å²) in [6.45, 7) is -0.254. The lowest BCUT2D eigenvalue weighted by atomic mass is 9.82. The average molecular weight is 345 g/mol. The first-order valence-corrected chi connectivity index (χ1v) is 7.59. The molecule has 2 heterocycles. The van der Waals surface area contributed by atoms with E-state index in [0.717, 1.165) is 6.20 Å². The second-order valence-electron chi connectivity index (χ2n) is 6.03. The summed E-state index contributed by atoms with van der Waals surface area (Å²) in [5.41, 5.74) is -0.609. The van der Waals surface area contributed by atoms with Gasteiger partial charge in [0.25, 0.3) is 0 Å². The minimum absolute atomic E-state index is 0.00600. The van der Waals surface area contributed by atoms with Crippen molar-refractivity contribution in [3.8, 4) is 0 Å². The van der Waals surface area contributed by atoms with Crippen molar-refractivity contribution in [1.29, 1.82) is 0 Å². The van der Waals surface area contributed by atoms with E-state index in [4.69, 9.17) is 5.11 Å². The van der Waals surface area contributed by atoms with Gasteiger partial charge in [-0.05, 0) is 25.0 Å². The lowest BCUT2D eigenvalue weighted by molar-refractivity contribution is -0.141. The standard InChI is InChI=1S/C15H18F3N3O3/c16-15(17,18)11-6-21-5-1-2-10(21)14(20-11)19-9-4-3-8(7-22)12(23)13(9)24/h1-2,5-6,8-9,12-13,22-24H,3-4,7H2,(H,19,20)/t8?,9?,12-,13?/m0/s1. The van der Waals surface area contributed by atoms with Gasteiger partial charge in [0, 0.05) is 24.9 Å². The molecule has 3 unspecified atom stereocenters. The predicted molar refractivity (Wildman–Crippen MR) is 79.4 cm³/mol. The third kappa shape index (κ3) is 3.06. The molecule has 4 N–H and O–H groups in total. The fraction of sp³-hybridized carbons (Fsp3) is 0.533. The number of aromatic nitrogens is 2. The summed E-state index contributed by atoms with van der Waals surface area (Å²) in [6, 6.07) is 2.55. The van der Waals surface area contributed by atoms with E-state index in [9.17, 15) is 23.4 Å². The molecule has 1 aliphatic carbocycles. The lowest BCUT2D eigenvalue weighted by Gasteiger charge is -2.37. The number of halogens is 3. The Labute approximate surface area is 135 Å². The summed E-state index contributed by atoms with van der Waals surface area (Å²) in [5.74, 6) is -0.450. The second-order valence-corrected chi connectivity index (χ2v) is 6.03. The zero-order valence-electron chi connectivity index (χ0n) is 12.6. The van der Waals surface area contributed by atoms with Crippen LogP contribution in [0, 0.1) is 5.92 Å². The van der Waals surface area contributed by atoms with Gasteiger partial charge in [0.15, 0.2) is 11.5 Å². The van der Waals surface area contributed by atoms with Crippen LogP contribution in [0.2, 0.25) is 0 Å². The maximum Gasteiger partial charge on any atom is 0.434 e. The number of rotatable bonds is 3. The van der Waals surface area contributed by atoms with Crippen LogP contribution in [0.3, 0.4) is 0 Å². The number of hydrogen-bond acceptors (Lipinski definition) is 5. The van der Waals surface area contributed by atoms with Crippen LogP contribution in [0.4, 0.5) is 19.0 Å². The normalized spacial score (nSPS) is 28.2. The van der Waals surface area contributed by atoms with Crippen molar-refractivity contribution in [3.63, 3.8) is 0 Å². The van der Waals surface area contributed by atoms with Crippen LogP contribution < -0.4 is 5.32 Å². The van der Waals surface area contributed by atoms with Crippen molar-refractivity contribution in [1.82, 2.24) is 9.38 Å². The van der Waals surface area contributed by atoms with Crippen molar-refractivity contribution in [2.75, 3.05) is 11.9 Å². The fourth-order valence-electron chi connectivity index (χ4n) is 3.07. The van der Waals surface area contributed by atoms with Gasteiger partial charge in [0.2, 0.25) is 0 Å². The zero-order valence-corrected chi connectivity index (χ0v) is 12.6. The van der Waals surface area contributed by atoms with E-state index in [-0.39, 0.29) is 12.4 Å². The molecule has 0 aromatic carbocycles. The van der Waals surface area contributed by atoms with Gasteiger partial charge in [-0.15, -0.1) is 0 Å². The topological polar surface area (TPSA) is 90.0 Å². The highest BCUT2D eigenvalue weighted by Crippen LogP contribution is 2.32. The quantitative estimate of drug-likeness (QED) is 0.672. The van der Waals surface area contributed by atoms with Crippen LogP contribution in [0.1, 0.15) is 18.5 Å². The van der Waals surface area contributed by atoms with Gasteiger partial charge in [-0.2, -0.15) is 13.2 Å². The number of hydrogen-bond donors (Lipinski definition) is 4. The van der Waals surface area contributed by atoms with Gasteiger partial charge in [-0.1, -0.05) is 0 Å². The molecule has 0 aliphatic heterocycles. The first-order chi connectivity index (χ1) is 11.3. The first-order valence-electron chi connectivity index (χ1n) is 7.59. The molecule has 1 fully saturated rings. The minimum Gasteiger partial charge on any atom is -0.396 e. The highest BCUT2D eigenvalue weighted by atomic mass is 19.4. The Morgan fingerprint density at radius 2 is 2.00 bits per heavy atom. The summed E-state index contributed by atoms with van der Waals surface area (Å²) < 4.78 is 40.3. The number of fused-ring (bicyclic) bond motifs is 1. The summed E-state index contributed by atoms with van der Waals surface area (Å²) in [5, 5.41) is 32.1. The van der Waals surface area contributed by atoms with E-state index in [2.05, 4.69) is 10.3 Å². The Balaban J connectivity index is 1.91. The molecule has 0 spiro atoms. The Kier molecular flexibility index (Phi) is 4.41. The molecular weight excluding hydrogens is 327 g/mol. The van der Waals surface area contributed by atoms with Crippen molar-refractivity contribution >= 4 is 11.3 Å². The number of nitrogens with zero attached hydrogens (tertiary/aromatic N) is 2. The molecule has 6 nitrogen and oxygen atoms in total. The molecule has 3 rings (SSSR count). The van der Waals surface area contributed by atoms with Crippen molar-refractivity contribution in [2.45, 2.75) is 37.3 Å². The highest BCUT2D eigenvalue weighted by Gasteiger charge is 2.38. The lowest BCUT2D eigenvalue weighted by Crippen LogP contribution is -2.50. The molecule has 0 radical (unpaired) electrons. The molecule has 0 amide bonds. The van der Waals surface area contributed by atoms with Crippen molar-refractivity contribution < 1.29 is 28.5 Å². The van der Waals surface area contributed by atoms with Gasteiger partial charge in [0.05, 0.1) is 17.7 Å². The third-order valence-corrected chi connectivity index (χ3v) is 4.46. The van der Waals surface area contributed by atoms with Crippen LogP contribution in [-0.2, 0) is 6.18 Å². The molecule has 24 heavy (non-hydrogen) atoms. The van der Waals surface area contributed by atoms with E-state index in [1.807, 2.05) is 0 Å². The smallest absolute Gasteiger partial charge is 0.396 e. The number of aliphatic hydroxyl groups is 3. The van der Waals surface area contributed by atoms with Crippen LogP contribution in [0.15, 0.2) is 24.5 Å². The maximum atomic E-state index is 13.0. The maximum absolute atomic E-state index is 13.0. The Morgan fingerprint density at radius 1 is 1.25 bits per heavy atom. The SMILES string of the molecule is OCC1CCC(Nc2nc(C(F)(F)F)cn3cccc23)C(O)[C@H]1O. The van der Waals surface area contributed by atoms with Gasteiger partial charge in [0.1, 0.15) is 6.10 Å². The van der Waals surface area contributed by atoms with E-state index in [0.29, 0.717) is 18.4 Å². The first kappa shape index (κ1) is 17.0. The summed E-state index contributed by atoms with van der Waals surface area (Å²) in [4.78, 5) is 3.64. The molecule has 0 saturated heterocycles. The number of anilines is 1. The van der Waals surface area contributed by atoms with E-state index in [1.165, 1.54) is 10.6 Å². The number of nitrogens with one attached hydrogen (secondary N) is 1. The largest absolute Gasteiger partial charge is 0.434 e. The average Bonchev–Trinajstić information content (AvgIpc) is 3.00. The summed E-state index contributed by atoms with van der Waals surface area (Å²) >= 11 is 0. The molecule has 4 atom stereocenters. The van der Waals surface area contributed by atoms with Crippen LogP contribution in [0.25, 0.3) is 5.52 Å². The Bertz CT molecular complexity index is 719. The molecule has 2 aromatic heterocycles. The molecule has 132 valence electrons. The molecular formula is C15H18F3N3O3. The number of alkyl halides is 3. The van der Waals surface area contributed by atoms with Crippen LogP contribution in [-0.4, -0.2) is 49.6 Å². The monoisotopic (exact) mass is 345 g/mol. The van der Waals surface area contributed by atoms with Crippen LogP contribution in [0.5, 0.6) is 0 Å². The van der Waals surface area contributed by atoms with Crippen LogP contribution >= 0.6 is 0 Å². The number of aliphatic hydroxyl groups excluding tert-OH is 3. The van der Waals surface area contributed by atoms with Crippen molar-refractivity contribution in [3.05, 3.63) is 30.2 Å². The molecule has 1 saturated carbocycles. The molecule has 9 heteroatoms. The predicted octanol–water partition coefficient (Wildman–Crippen LogP) is 1.26. The Morgan fingerprint density at radius 3 is 2.67 bits per heavy atom. The minimum atomic E-state index is -4.60. The molecule has 0 bridgehead atoms. The molecule has 2 aromatic rings. The highest BCUT2D eigenvalue weighted by molar-refractivity contribution is 5.68.